The minimum atomic E-state index is -3.60. The molecule has 1 unspecified atom stereocenters. The van der Waals surface area contributed by atoms with Gasteiger partial charge < -0.3 is 0 Å². The molecular weight excluding hydrogens is 448 g/mol. The molecule has 0 saturated carbocycles. The van der Waals surface area contributed by atoms with Crippen molar-refractivity contribution in [1.29, 1.82) is 0 Å². The second kappa shape index (κ2) is 9.81. The van der Waals surface area contributed by atoms with E-state index >= 15 is 0 Å². The van der Waals surface area contributed by atoms with E-state index in [1.807, 2.05) is 18.4 Å². The molecule has 0 saturated heterocycles. The first-order valence-electron chi connectivity index (χ1n) is 8.80. The Morgan fingerprint density at radius 3 is 2.62 bits per heavy atom. The molecular formula is C18H20N4O3S4. The Labute approximate surface area is 182 Å². The summed E-state index contributed by atoms with van der Waals surface area (Å²) in [6, 6.07) is 9.70. The summed E-state index contributed by atoms with van der Waals surface area (Å²) in [7, 11) is -3.60. The molecule has 2 aromatic heterocycles. The lowest BCUT2D eigenvalue weighted by Gasteiger charge is -2.12. The van der Waals surface area contributed by atoms with Crippen LogP contribution in [0.5, 0.6) is 0 Å². The number of anilines is 1. The van der Waals surface area contributed by atoms with Gasteiger partial charge in [0.1, 0.15) is 0 Å². The van der Waals surface area contributed by atoms with Crippen molar-refractivity contribution < 1.29 is 13.2 Å². The van der Waals surface area contributed by atoms with Crippen LogP contribution in [0.2, 0.25) is 0 Å². The van der Waals surface area contributed by atoms with Gasteiger partial charge in [-0.1, -0.05) is 36.1 Å². The van der Waals surface area contributed by atoms with Crippen molar-refractivity contribution in [3.05, 3.63) is 52.2 Å². The quantitative estimate of drug-likeness (QED) is 0.360. The topological polar surface area (TPSA) is 101 Å². The van der Waals surface area contributed by atoms with E-state index in [0.29, 0.717) is 17.1 Å². The number of nitrogens with zero attached hydrogens (tertiary/aromatic N) is 2. The van der Waals surface area contributed by atoms with Gasteiger partial charge in [-0.25, -0.2) is 13.1 Å². The van der Waals surface area contributed by atoms with Gasteiger partial charge in [-0.15, -0.1) is 21.5 Å². The summed E-state index contributed by atoms with van der Waals surface area (Å²) in [5, 5.41) is 13.2. The van der Waals surface area contributed by atoms with E-state index < -0.39 is 10.0 Å². The summed E-state index contributed by atoms with van der Waals surface area (Å²) >= 11 is 4.55. The Morgan fingerprint density at radius 1 is 1.21 bits per heavy atom. The molecule has 3 aromatic rings. The number of carbonyl (C=O) groups is 1. The van der Waals surface area contributed by atoms with Crippen LogP contribution in [0.15, 0.2) is 51.0 Å². The molecule has 0 aliphatic rings. The van der Waals surface area contributed by atoms with E-state index in [2.05, 4.69) is 26.3 Å². The van der Waals surface area contributed by atoms with Crippen molar-refractivity contribution in [1.82, 2.24) is 14.9 Å². The highest BCUT2D eigenvalue weighted by atomic mass is 32.2. The molecule has 7 nitrogen and oxygen atoms in total. The zero-order chi connectivity index (χ0) is 20.9. The molecule has 1 atom stereocenters. The Hall–Kier alpha value is -1.79. The molecule has 0 radical (unpaired) electrons. The van der Waals surface area contributed by atoms with Crippen LogP contribution in [0, 0.1) is 0 Å². The third-order valence-corrected chi connectivity index (χ3v) is 8.63. The van der Waals surface area contributed by atoms with E-state index in [1.54, 1.807) is 30.0 Å². The summed E-state index contributed by atoms with van der Waals surface area (Å²) in [6.45, 7) is 3.70. The number of nitrogens with one attached hydrogen (secondary N) is 2. The zero-order valence-corrected chi connectivity index (χ0v) is 19.1. The number of carbonyl (C=O) groups excluding carboxylic acids is 1. The minimum absolute atomic E-state index is 0.123. The maximum atomic E-state index is 12.4. The van der Waals surface area contributed by atoms with Crippen LogP contribution < -0.4 is 10.0 Å². The molecule has 154 valence electrons. The van der Waals surface area contributed by atoms with Crippen LogP contribution in [-0.4, -0.2) is 30.6 Å². The average molecular weight is 469 g/mol. The van der Waals surface area contributed by atoms with Crippen LogP contribution >= 0.6 is 34.4 Å². The van der Waals surface area contributed by atoms with E-state index in [1.165, 1.54) is 40.5 Å². The number of thioether (sulfide) groups is 1. The van der Waals surface area contributed by atoms with Gasteiger partial charge >= 0.3 is 0 Å². The van der Waals surface area contributed by atoms with Crippen molar-refractivity contribution in [2.75, 3.05) is 5.32 Å². The van der Waals surface area contributed by atoms with Crippen molar-refractivity contribution in [3.8, 4) is 0 Å². The molecule has 0 bridgehead atoms. The van der Waals surface area contributed by atoms with Crippen molar-refractivity contribution >= 4 is 55.5 Å². The van der Waals surface area contributed by atoms with E-state index in [-0.39, 0.29) is 16.8 Å². The van der Waals surface area contributed by atoms with Crippen LogP contribution in [0.4, 0.5) is 5.13 Å². The summed E-state index contributed by atoms with van der Waals surface area (Å²) in [5.74, 6) is 0.440. The molecule has 1 aromatic carbocycles. The fraction of sp³-hybridized carbons (Fsp3) is 0.278. The second-order valence-corrected chi connectivity index (χ2v) is 11.1. The Bertz CT molecular complexity index is 1050. The molecule has 2 N–H and O–H groups in total. The van der Waals surface area contributed by atoms with Gasteiger partial charge in [0, 0.05) is 22.2 Å². The second-order valence-electron chi connectivity index (χ2n) is 6.15. The number of sulfonamides is 1. The number of rotatable bonds is 9. The summed E-state index contributed by atoms with van der Waals surface area (Å²) in [6.07, 6.45) is 0.690. The first-order valence-corrected chi connectivity index (χ1v) is 13.0. The van der Waals surface area contributed by atoms with Gasteiger partial charge in [-0.3, -0.25) is 10.1 Å². The van der Waals surface area contributed by atoms with E-state index in [9.17, 15) is 13.2 Å². The number of hydrogen-bond acceptors (Lipinski definition) is 8. The summed E-state index contributed by atoms with van der Waals surface area (Å²) in [5.41, 5.74) is 0.343. The lowest BCUT2D eigenvalue weighted by atomic mass is 10.2. The monoisotopic (exact) mass is 468 g/mol. The fourth-order valence-electron chi connectivity index (χ4n) is 2.22. The number of benzene rings is 1. The van der Waals surface area contributed by atoms with Crippen LogP contribution in [0.1, 0.15) is 35.5 Å². The Morgan fingerprint density at radius 2 is 1.97 bits per heavy atom. The third kappa shape index (κ3) is 6.09. The van der Waals surface area contributed by atoms with Gasteiger partial charge in [0.15, 0.2) is 4.34 Å². The van der Waals surface area contributed by atoms with Gasteiger partial charge in [0.2, 0.25) is 15.2 Å². The van der Waals surface area contributed by atoms with Crippen LogP contribution in [-0.2, 0) is 15.8 Å². The van der Waals surface area contributed by atoms with Gasteiger partial charge in [0.25, 0.3) is 5.91 Å². The number of hydrogen-bond donors (Lipinski definition) is 2. The number of amides is 1. The molecule has 0 aliphatic heterocycles. The molecule has 0 spiro atoms. The molecule has 1 amide bonds. The maximum absolute atomic E-state index is 12.4. The Kier molecular flexibility index (Phi) is 7.41. The first-order chi connectivity index (χ1) is 13.9. The van der Waals surface area contributed by atoms with Crippen molar-refractivity contribution in [3.63, 3.8) is 0 Å². The Balaban J connectivity index is 1.59. The van der Waals surface area contributed by atoms with Gasteiger partial charge in [0.05, 0.1) is 4.90 Å². The number of aromatic nitrogens is 2. The van der Waals surface area contributed by atoms with Crippen LogP contribution in [0.25, 0.3) is 0 Å². The van der Waals surface area contributed by atoms with E-state index in [0.717, 1.165) is 10.1 Å². The lowest BCUT2D eigenvalue weighted by Crippen LogP contribution is -2.32. The smallest absolute Gasteiger partial charge is 0.257 e. The zero-order valence-electron chi connectivity index (χ0n) is 15.8. The highest BCUT2D eigenvalue weighted by Gasteiger charge is 2.17. The number of thiophene rings is 1. The standard InChI is InChI=1S/C18H20N4O3S4/c1-3-12(2)22-29(24,25)15-8-6-13(7-9-15)16(23)19-17-20-21-18(28-17)27-11-14-5-4-10-26-14/h4-10,12,22H,3,11H2,1-2H3,(H,19,20,23). The maximum Gasteiger partial charge on any atom is 0.257 e. The molecule has 3 rings (SSSR count). The van der Waals surface area contributed by atoms with Crippen molar-refractivity contribution in [2.45, 2.75) is 41.3 Å². The SMILES string of the molecule is CCC(C)NS(=O)(=O)c1ccc(C(=O)Nc2nnc(SCc3cccs3)s2)cc1. The van der Waals surface area contributed by atoms with Gasteiger partial charge in [-0.05, 0) is 49.1 Å². The largest absolute Gasteiger partial charge is 0.296 e. The molecule has 2 heterocycles. The van der Waals surface area contributed by atoms with Gasteiger partial charge in [-0.2, -0.15) is 0 Å². The molecule has 11 heteroatoms. The fourth-order valence-corrected chi connectivity index (χ4v) is 6.06. The normalized spacial score (nSPS) is 12.6. The van der Waals surface area contributed by atoms with E-state index in [4.69, 9.17) is 0 Å². The molecule has 0 fully saturated rings. The predicted molar refractivity (Wildman–Crippen MR) is 118 cm³/mol. The molecule has 29 heavy (non-hydrogen) atoms. The van der Waals surface area contributed by atoms with Crippen LogP contribution in [0.3, 0.4) is 0 Å². The average Bonchev–Trinajstić information content (AvgIpc) is 3.38. The predicted octanol–water partition coefficient (Wildman–Crippen LogP) is 4.22. The third-order valence-electron chi connectivity index (χ3n) is 3.94. The lowest BCUT2D eigenvalue weighted by molar-refractivity contribution is 0.102. The van der Waals surface area contributed by atoms with Crippen molar-refractivity contribution in [2.24, 2.45) is 0 Å². The molecule has 0 aliphatic carbocycles. The summed E-state index contributed by atoms with van der Waals surface area (Å²) in [4.78, 5) is 13.8. The highest BCUT2D eigenvalue weighted by molar-refractivity contribution is 8.00. The first kappa shape index (κ1) is 21.9. The highest BCUT2D eigenvalue weighted by Crippen LogP contribution is 2.29. The minimum Gasteiger partial charge on any atom is -0.296 e. The summed E-state index contributed by atoms with van der Waals surface area (Å²) < 4.78 is 27.9.